The normalized spacial score (nSPS) is 12.7. The van der Waals surface area contributed by atoms with Crippen LogP contribution in [-0.2, 0) is 0 Å². The Morgan fingerprint density at radius 3 is 2.47 bits per heavy atom. The number of nitrogens with two attached hydrogens (primary N) is 1. The van der Waals surface area contributed by atoms with Crippen LogP contribution in [0.15, 0.2) is 24.3 Å². The maximum absolute atomic E-state index is 5.82. The van der Waals surface area contributed by atoms with Crippen molar-refractivity contribution in [3.8, 4) is 0 Å². The summed E-state index contributed by atoms with van der Waals surface area (Å²) in [5.41, 5.74) is 8.53. The molecule has 0 amide bonds. The molecule has 1 rings (SSSR count). The molecule has 0 aliphatic rings. The van der Waals surface area contributed by atoms with Gasteiger partial charge in [-0.3, -0.25) is 0 Å². The Kier molecular flexibility index (Phi) is 5.81. The molecule has 0 spiro atoms. The fourth-order valence-corrected chi connectivity index (χ4v) is 2.19. The molecule has 0 heterocycles. The van der Waals surface area contributed by atoms with E-state index in [1.54, 1.807) is 0 Å². The van der Waals surface area contributed by atoms with Crippen LogP contribution in [0.3, 0.4) is 0 Å². The first-order valence-corrected chi connectivity index (χ1v) is 6.93. The summed E-state index contributed by atoms with van der Waals surface area (Å²) in [5, 5.41) is 0. The minimum absolute atomic E-state index is 0.540. The van der Waals surface area contributed by atoms with Crippen molar-refractivity contribution in [2.75, 3.05) is 18.6 Å². The van der Waals surface area contributed by atoms with Gasteiger partial charge in [-0.15, -0.1) is 0 Å². The maximum Gasteiger partial charge on any atom is -0.000823 e. The molecular weight excluding hydrogens is 202 g/mol. The molecule has 1 aromatic rings. The zero-order chi connectivity index (χ0) is 11.1. The third kappa shape index (κ3) is 4.27. The summed E-state index contributed by atoms with van der Waals surface area (Å²) < 4.78 is 0. The minimum Gasteiger partial charge on any atom is -0.330 e. The fraction of sp³-hybridized carbons (Fsp3) is 0.538. The summed E-state index contributed by atoms with van der Waals surface area (Å²) in [7, 11) is 0. The van der Waals surface area contributed by atoms with Crippen molar-refractivity contribution in [1.82, 2.24) is 0 Å². The van der Waals surface area contributed by atoms with Gasteiger partial charge in [0.25, 0.3) is 0 Å². The number of benzene rings is 1. The van der Waals surface area contributed by atoms with E-state index < -0.39 is 0 Å². The Bertz CT molecular complexity index is 268. The third-order valence-electron chi connectivity index (χ3n) is 2.73. The molecule has 1 nitrogen and oxygen atoms in total. The van der Waals surface area contributed by atoms with Gasteiger partial charge in [0.2, 0.25) is 0 Å². The summed E-state index contributed by atoms with van der Waals surface area (Å²) in [6, 6.07) is 8.77. The monoisotopic (exact) mass is 223 g/mol. The van der Waals surface area contributed by atoms with Crippen LogP contribution in [0.2, 0.25) is 0 Å². The van der Waals surface area contributed by atoms with Gasteiger partial charge in [0.1, 0.15) is 0 Å². The Morgan fingerprint density at radius 1 is 1.27 bits per heavy atom. The van der Waals surface area contributed by atoms with E-state index >= 15 is 0 Å². The minimum atomic E-state index is 0.540. The molecule has 0 aliphatic heterocycles. The van der Waals surface area contributed by atoms with Crippen LogP contribution >= 0.6 is 11.8 Å². The van der Waals surface area contributed by atoms with E-state index in [1.165, 1.54) is 29.7 Å². The van der Waals surface area contributed by atoms with Crippen LogP contribution in [0.1, 0.15) is 29.9 Å². The molecule has 2 heteroatoms. The van der Waals surface area contributed by atoms with Crippen LogP contribution < -0.4 is 5.73 Å². The number of thioether (sulfide) groups is 1. The quantitative estimate of drug-likeness (QED) is 0.750. The highest BCUT2D eigenvalue weighted by atomic mass is 32.2. The largest absolute Gasteiger partial charge is 0.330 e. The number of hydrogen-bond donors (Lipinski definition) is 1. The Hall–Kier alpha value is -0.470. The third-order valence-corrected chi connectivity index (χ3v) is 3.43. The van der Waals surface area contributed by atoms with Gasteiger partial charge in [-0.1, -0.05) is 29.8 Å². The highest BCUT2D eigenvalue weighted by molar-refractivity contribution is 7.98. The summed E-state index contributed by atoms with van der Waals surface area (Å²) >= 11 is 1.91. The second-order valence-corrected chi connectivity index (χ2v) is 4.96. The first-order chi connectivity index (χ1) is 7.27. The van der Waals surface area contributed by atoms with Crippen LogP contribution in [0.5, 0.6) is 0 Å². The van der Waals surface area contributed by atoms with Crippen LogP contribution in [0.25, 0.3) is 0 Å². The standard InChI is InChI=1S/C13H21NS/c1-11-5-7-12(8-6-11)13(10-14)4-3-9-15-2/h5-8,13H,3-4,9-10,14H2,1-2H3. The van der Waals surface area contributed by atoms with Gasteiger partial charge in [0.05, 0.1) is 0 Å². The zero-order valence-electron chi connectivity index (χ0n) is 9.70. The molecular formula is C13H21NS. The van der Waals surface area contributed by atoms with Gasteiger partial charge in [0.15, 0.2) is 0 Å². The molecule has 0 aromatic heterocycles. The zero-order valence-corrected chi connectivity index (χ0v) is 10.5. The van der Waals surface area contributed by atoms with Crippen molar-refractivity contribution in [2.24, 2.45) is 5.73 Å². The Balaban J connectivity index is 2.53. The van der Waals surface area contributed by atoms with Crippen molar-refractivity contribution >= 4 is 11.8 Å². The SMILES string of the molecule is CSCCCC(CN)c1ccc(C)cc1. The maximum atomic E-state index is 5.82. The highest BCUT2D eigenvalue weighted by Gasteiger charge is 2.08. The molecule has 2 N–H and O–H groups in total. The highest BCUT2D eigenvalue weighted by Crippen LogP contribution is 2.21. The second-order valence-electron chi connectivity index (χ2n) is 3.98. The topological polar surface area (TPSA) is 26.0 Å². The lowest BCUT2D eigenvalue weighted by Crippen LogP contribution is -2.12. The predicted octanol–water partition coefficient (Wildman–Crippen LogP) is 3.18. The molecule has 0 saturated carbocycles. The molecule has 0 fully saturated rings. The van der Waals surface area contributed by atoms with E-state index in [9.17, 15) is 0 Å². The summed E-state index contributed by atoms with van der Waals surface area (Å²) in [4.78, 5) is 0. The first-order valence-electron chi connectivity index (χ1n) is 5.53. The number of aryl methyl sites for hydroxylation is 1. The van der Waals surface area contributed by atoms with Crippen molar-refractivity contribution < 1.29 is 0 Å². The molecule has 15 heavy (non-hydrogen) atoms. The van der Waals surface area contributed by atoms with E-state index in [0.717, 1.165) is 6.54 Å². The predicted molar refractivity (Wildman–Crippen MR) is 70.6 cm³/mol. The van der Waals surface area contributed by atoms with E-state index in [4.69, 9.17) is 5.73 Å². The average Bonchev–Trinajstić information content (AvgIpc) is 2.26. The lowest BCUT2D eigenvalue weighted by Gasteiger charge is -2.14. The van der Waals surface area contributed by atoms with Crippen LogP contribution in [0, 0.1) is 6.92 Å². The van der Waals surface area contributed by atoms with E-state index in [-0.39, 0.29) is 0 Å². The first kappa shape index (κ1) is 12.6. The van der Waals surface area contributed by atoms with Gasteiger partial charge in [-0.2, -0.15) is 11.8 Å². The fourth-order valence-electron chi connectivity index (χ4n) is 1.73. The summed E-state index contributed by atoms with van der Waals surface area (Å²) in [5.74, 6) is 1.78. The molecule has 0 aliphatic carbocycles. The lowest BCUT2D eigenvalue weighted by molar-refractivity contribution is 0.626. The van der Waals surface area contributed by atoms with Gasteiger partial charge in [0, 0.05) is 0 Å². The molecule has 0 saturated heterocycles. The average molecular weight is 223 g/mol. The molecule has 1 atom stereocenters. The Labute approximate surface area is 97.4 Å². The second kappa shape index (κ2) is 6.91. The number of hydrogen-bond acceptors (Lipinski definition) is 2. The van der Waals surface area contributed by atoms with Crippen LogP contribution in [0.4, 0.5) is 0 Å². The van der Waals surface area contributed by atoms with Gasteiger partial charge < -0.3 is 5.73 Å². The van der Waals surface area contributed by atoms with Crippen molar-refractivity contribution in [2.45, 2.75) is 25.7 Å². The van der Waals surface area contributed by atoms with Crippen molar-refractivity contribution in [3.05, 3.63) is 35.4 Å². The smallest absolute Gasteiger partial charge is 0.000823 e. The molecule has 84 valence electrons. The van der Waals surface area contributed by atoms with Crippen molar-refractivity contribution in [3.63, 3.8) is 0 Å². The van der Waals surface area contributed by atoms with Gasteiger partial charge in [-0.25, -0.2) is 0 Å². The van der Waals surface area contributed by atoms with E-state index in [1.807, 2.05) is 11.8 Å². The summed E-state index contributed by atoms with van der Waals surface area (Å²) in [6.07, 6.45) is 4.63. The van der Waals surface area contributed by atoms with E-state index in [0.29, 0.717) is 5.92 Å². The molecule has 0 bridgehead atoms. The van der Waals surface area contributed by atoms with Gasteiger partial charge >= 0.3 is 0 Å². The van der Waals surface area contributed by atoms with Crippen molar-refractivity contribution in [1.29, 1.82) is 0 Å². The number of rotatable bonds is 6. The molecule has 0 radical (unpaired) electrons. The lowest BCUT2D eigenvalue weighted by atomic mass is 9.94. The molecule has 1 aromatic carbocycles. The van der Waals surface area contributed by atoms with E-state index in [2.05, 4.69) is 37.4 Å². The van der Waals surface area contributed by atoms with Gasteiger partial charge in [-0.05, 0) is 49.8 Å². The molecule has 1 unspecified atom stereocenters. The summed E-state index contributed by atoms with van der Waals surface area (Å²) in [6.45, 7) is 2.88. The van der Waals surface area contributed by atoms with Crippen LogP contribution in [-0.4, -0.2) is 18.6 Å². The Morgan fingerprint density at radius 2 is 1.93 bits per heavy atom.